The lowest BCUT2D eigenvalue weighted by molar-refractivity contribution is -0.131. The Bertz CT molecular complexity index is 423. The van der Waals surface area contributed by atoms with Gasteiger partial charge in [-0.15, -0.1) is 0 Å². The molecule has 100 valence electrons. The van der Waals surface area contributed by atoms with Crippen LogP contribution in [0.15, 0.2) is 18.2 Å². The number of carbonyl (C=O) groups is 1. The van der Waals surface area contributed by atoms with Crippen LogP contribution in [-0.4, -0.2) is 30.4 Å². The lowest BCUT2D eigenvalue weighted by Gasteiger charge is -2.20. The van der Waals surface area contributed by atoms with E-state index in [1.54, 1.807) is 18.0 Å². The molecule has 1 N–H and O–H groups in total. The summed E-state index contributed by atoms with van der Waals surface area (Å²) in [5, 5.41) is 4.21. The number of benzene rings is 1. The quantitative estimate of drug-likeness (QED) is 0.904. The van der Waals surface area contributed by atoms with Gasteiger partial charge in [0.2, 0.25) is 5.91 Å². The normalized spacial score (nSPS) is 12.3. The van der Waals surface area contributed by atoms with Gasteiger partial charge < -0.3 is 10.2 Å². The molecule has 0 aliphatic carbocycles. The zero-order chi connectivity index (χ0) is 13.7. The molecule has 18 heavy (non-hydrogen) atoms. The fraction of sp³-hybridized carbons (Fsp3) is 0.462. The Hall–Kier alpha value is -0.770. The third-order valence-electron chi connectivity index (χ3n) is 2.85. The molecule has 0 saturated carbocycles. The van der Waals surface area contributed by atoms with Crippen LogP contribution in [0.5, 0.6) is 0 Å². The first kappa shape index (κ1) is 15.3. The molecule has 0 bridgehead atoms. The molecular formula is C13H18Cl2N2O. The zero-order valence-corrected chi connectivity index (χ0v) is 12.3. The number of nitrogens with one attached hydrogen (secondary N) is 1. The molecule has 0 radical (unpaired) electrons. The van der Waals surface area contributed by atoms with Gasteiger partial charge in [0.15, 0.2) is 0 Å². The summed E-state index contributed by atoms with van der Waals surface area (Å²) >= 11 is 12.0. The SMILES string of the molecule is CCN(C)C(=O)C(C)NCc1cccc(Cl)c1Cl. The van der Waals surface area contributed by atoms with Gasteiger partial charge in [-0.05, 0) is 25.5 Å². The average Bonchev–Trinajstić information content (AvgIpc) is 2.38. The van der Waals surface area contributed by atoms with Gasteiger partial charge in [-0.3, -0.25) is 4.79 Å². The van der Waals surface area contributed by atoms with Crippen molar-refractivity contribution in [3.05, 3.63) is 33.8 Å². The van der Waals surface area contributed by atoms with Gasteiger partial charge in [0.05, 0.1) is 16.1 Å². The molecule has 1 aromatic carbocycles. The molecule has 1 unspecified atom stereocenters. The molecule has 1 amide bonds. The highest BCUT2D eigenvalue weighted by atomic mass is 35.5. The average molecular weight is 289 g/mol. The number of hydrogen-bond acceptors (Lipinski definition) is 2. The Morgan fingerprint density at radius 1 is 1.44 bits per heavy atom. The highest BCUT2D eigenvalue weighted by Crippen LogP contribution is 2.25. The largest absolute Gasteiger partial charge is 0.345 e. The third-order valence-corrected chi connectivity index (χ3v) is 3.71. The summed E-state index contributed by atoms with van der Waals surface area (Å²) in [6.45, 7) is 5.00. The van der Waals surface area contributed by atoms with Crippen molar-refractivity contribution < 1.29 is 4.79 Å². The monoisotopic (exact) mass is 288 g/mol. The zero-order valence-electron chi connectivity index (χ0n) is 10.8. The first-order chi connectivity index (χ1) is 8.47. The van der Waals surface area contributed by atoms with Gasteiger partial charge >= 0.3 is 0 Å². The van der Waals surface area contributed by atoms with Crippen LogP contribution in [0, 0.1) is 0 Å². The van der Waals surface area contributed by atoms with Crippen molar-refractivity contribution in [3.8, 4) is 0 Å². The van der Waals surface area contributed by atoms with E-state index in [1.165, 1.54) is 0 Å². The summed E-state index contributed by atoms with van der Waals surface area (Å²) < 4.78 is 0. The third kappa shape index (κ3) is 3.87. The molecule has 0 fully saturated rings. The highest BCUT2D eigenvalue weighted by Gasteiger charge is 2.16. The van der Waals surface area contributed by atoms with Gasteiger partial charge in [0.25, 0.3) is 0 Å². The minimum Gasteiger partial charge on any atom is -0.345 e. The van der Waals surface area contributed by atoms with Gasteiger partial charge in [0.1, 0.15) is 0 Å². The number of carbonyl (C=O) groups excluding carboxylic acids is 1. The van der Waals surface area contributed by atoms with Crippen LogP contribution in [-0.2, 0) is 11.3 Å². The van der Waals surface area contributed by atoms with Crippen LogP contribution in [0.1, 0.15) is 19.4 Å². The molecule has 0 spiro atoms. The molecular weight excluding hydrogens is 271 g/mol. The van der Waals surface area contributed by atoms with E-state index in [0.717, 1.165) is 5.56 Å². The molecule has 5 heteroatoms. The van der Waals surface area contributed by atoms with E-state index in [4.69, 9.17) is 23.2 Å². The molecule has 0 aliphatic heterocycles. The summed E-state index contributed by atoms with van der Waals surface area (Å²) in [5.74, 6) is 0.0654. The van der Waals surface area contributed by atoms with Gasteiger partial charge in [0, 0.05) is 20.1 Å². The van der Waals surface area contributed by atoms with Gasteiger partial charge in [-0.1, -0.05) is 35.3 Å². The second kappa shape index (κ2) is 6.98. The number of likely N-dealkylation sites (N-methyl/N-ethyl adjacent to an activating group) is 1. The summed E-state index contributed by atoms with van der Waals surface area (Å²) in [7, 11) is 1.78. The predicted molar refractivity (Wildman–Crippen MR) is 76.1 cm³/mol. The van der Waals surface area contributed by atoms with Crippen molar-refractivity contribution in [2.45, 2.75) is 26.4 Å². The molecule has 1 atom stereocenters. The van der Waals surface area contributed by atoms with Crippen molar-refractivity contribution in [1.82, 2.24) is 10.2 Å². The first-order valence-corrected chi connectivity index (χ1v) is 6.64. The van der Waals surface area contributed by atoms with Crippen molar-refractivity contribution in [2.75, 3.05) is 13.6 Å². The second-order valence-corrected chi connectivity index (χ2v) is 4.95. The maximum absolute atomic E-state index is 11.9. The Morgan fingerprint density at radius 3 is 2.72 bits per heavy atom. The van der Waals surface area contributed by atoms with Crippen LogP contribution < -0.4 is 5.32 Å². The van der Waals surface area contributed by atoms with Crippen molar-refractivity contribution in [3.63, 3.8) is 0 Å². The van der Waals surface area contributed by atoms with E-state index >= 15 is 0 Å². The number of nitrogens with zero attached hydrogens (tertiary/aromatic N) is 1. The summed E-state index contributed by atoms with van der Waals surface area (Å²) in [4.78, 5) is 13.5. The maximum atomic E-state index is 11.9. The van der Waals surface area contributed by atoms with E-state index < -0.39 is 0 Å². The van der Waals surface area contributed by atoms with Crippen molar-refractivity contribution in [1.29, 1.82) is 0 Å². The Labute approximate surface area is 118 Å². The summed E-state index contributed by atoms with van der Waals surface area (Å²) in [6.07, 6.45) is 0. The smallest absolute Gasteiger partial charge is 0.239 e. The second-order valence-electron chi connectivity index (χ2n) is 4.17. The number of amides is 1. The maximum Gasteiger partial charge on any atom is 0.239 e. The van der Waals surface area contributed by atoms with E-state index in [2.05, 4.69) is 5.32 Å². The van der Waals surface area contributed by atoms with Crippen molar-refractivity contribution in [2.24, 2.45) is 0 Å². The van der Waals surface area contributed by atoms with E-state index in [9.17, 15) is 4.79 Å². The number of hydrogen-bond donors (Lipinski definition) is 1. The fourth-order valence-corrected chi connectivity index (χ4v) is 1.91. The van der Waals surface area contributed by atoms with Gasteiger partial charge in [-0.25, -0.2) is 0 Å². The van der Waals surface area contributed by atoms with Crippen LogP contribution in [0.3, 0.4) is 0 Å². The standard InChI is InChI=1S/C13H18Cl2N2O/c1-4-17(3)13(18)9(2)16-8-10-6-5-7-11(14)12(10)15/h5-7,9,16H,4,8H2,1-3H3. The lowest BCUT2D eigenvalue weighted by Crippen LogP contribution is -2.42. The topological polar surface area (TPSA) is 32.3 Å². The van der Waals surface area contributed by atoms with Crippen molar-refractivity contribution >= 4 is 29.1 Å². The molecule has 3 nitrogen and oxygen atoms in total. The molecule has 0 aromatic heterocycles. The number of halogens is 2. The summed E-state index contributed by atoms with van der Waals surface area (Å²) in [5.41, 5.74) is 0.892. The minimum absolute atomic E-state index is 0.0654. The van der Waals surface area contributed by atoms with Gasteiger partial charge in [-0.2, -0.15) is 0 Å². The molecule has 1 aromatic rings. The fourth-order valence-electron chi connectivity index (χ4n) is 1.52. The lowest BCUT2D eigenvalue weighted by atomic mass is 10.2. The predicted octanol–water partition coefficient (Wildman–Crippen LogP) is 2.95. The van der Waals surface area contributed by atoms with Crippen LogP contribution in [0.2, 0.25) is 10.0 Å². The Kier molecular flexibility index (Phi) is 5.93. The van der Waals surface area contributed by atoms with E-state index in [1.807, 2.05) is 26.0 Å². The molecule has 1 rings (SSSR count). The number of rotatable bonds is 5. The van der Waals surface area contributed by atoms with E-state index in [-0.39, 0.29) is 11.9 Å². The Balaban J connectivity index is 2.60. The molecule has 0 aliphatic rings. The molecule has 0 heterocycles. The molecule has 0 saturated heterocycles. The van der Waals surface area contributed by atoms with Crippen LogP contribution in [0.25, 0.3) is 0 Å². The minimum atomic E-state index is -0.245. The first-order valence-electron chi connectivity index (χ1n) is 5.88. The highest BCUT2D eigenvalue weighted by molar-refractivity contribution is 6.42. The van der Waals surface area contributed by atoms with Crippen LogP contribution >= 0.6 is 23.2 Å². The van der Waals surface area contributed by atoms with E-state index in [0.29, 0.717) is 23.1 Å². The summed E-state index contributed by atoms with van der Waals surface area (Å²) in [6, 6.07) is 5.23. The van der Waals surface area contributed by atoms with Crippen LogP contribution in [0.4, 0.5) is 0 Å². The Morgan fingerprint density at radius 2 is 2.11 bits per heavy atom.